The molecule has 4 N–H and O–H groups in total. The number of nitriles is 1. The second-order valence-electron chi connectivity index (χ2n) is 4.75. The van der Waals surface area contributed by atoms with Crippen LogP contribution in [0.15, 0.2) is 30.3 Å². The van der Waals surface area contributed by atoms with Gasteiger partial charge in [-0.15, -0.1) is 0 Å². The molecule has 114 valence electrons. The van der Waals surface area contributed by atoms with Gasteiger partial charge in [0.15, 0.2) is 12.4 Å². The van der Waals surface area contributed by atoms with Crippen molar-refractivity contribution in [3.05, 3.63) is 35.9 Å². The lowest BCUT2D eigenvalue weighted by Gasteiger charge is -2.40. The third-order valence-electron chi connectivity index (χ3n) is 3.34. The fraction of sp³-hybridized carbons (Fsp3) is 0.500. The van der Waals surface area contributed by atoms with Crippen LogP contribution in [0, 0.1) is 11.3 Å². The molecule has 7 heteroatoms. The molecule has 0 spiro atoms. The molecular weight excluding hydrogens is 278 g/mol. The minimum absolute atomic E-state index is 0.548. The van der Waals surface area contributed by atoms with Crippen LogP contribution in [-0.4, -0.2) is 57.7 Å². The molecule has 7 nitrogen and oxygen atoms in total. The molecule has 0 aliphatic carbocycles. The van der Waals surface area contributed by atoms with E-state index in [1.165, 1.54) is 0 Å². The first kappa shape index (κ1) is 15.9. The van der Waals surface area contributed by atoms with Gasteiger partial charge in [-0.25, -0.2) is 0 Å². The third-order valence-corrected chi connectivity index (χ3v) is 3.34. The van der Waals surface area contributed by atoms with Crippen LogP contribution in [0.25, 0.3) is 0 Å². The second-order valence-corrected chi connectivity index (χ2v) is 4.75. The number of hydrogen-bond acceptors (Lipinski definition) is 7. The number of benzene rings is 1. The van der Waals surface area contributed by atoms with Crippen molar-refractivity contribution in [3.63, 3.8) is 0 Å². The lowest BCUT2D eigenvalue weighted by atomic mass is 9.99. The maximum atomic E-state index is 9.86. The molecule has 1 aliphatic rings. The molecule has 1 aromatic carbocycles. The van der Waals surface area contributed by atoms with Crippen molar-refractivity contribution in [1.82, 2.24) is 0 Å². The van der Waals surface area contributed by atoms with Crippen molar-refractivity contribution >= 4 is 0 Å². The van der Waals surface area contributed by atoms with E-state index in [9.17, 15) is 15.3 Å². The van der Waals surface area contributed by atoms with Crippen molar-refractivity contribution in [2.24, 2.45) is 0 Å². The number of rotatable bonds is 4. The molecule has 0 amide bonds. The SMILES string of the molecule is N#C[C@H](O[C@H]1O[C@H](CO)[C@@H](O)[C@H](O)[C@H]1O)c1ccccc1. The first-order chi connectivity index (χ1) is 10.1. The monoisotopic (exact) mass is 295 g/mol. The normalized spacial score (nSPS) is 34.1. The number of nitrogens with zero attached hydrogens (tertiary/aromatic N) is 1. The first-order valence-electron chi connectivity index (χ1n) is 6.49. The summed E-state index contributed by atoms with van der Waals surface area (Å²) in [4.78, 5) is 0. The zero-order valence-electron chi connectivity index (χ0n) is 11.1. The molecule has 2 rings (SSSR count). The standard InChI is InChI=1S/C14H17NO6/c15-6-9(8-4-2-1-3-5-8)20-14-13(19)12(18)11(17)10(7-16)21-14/h1-5,9-14,16-19H,7H2/t9-,10+,11+,12-,13+,14-/m0/s1. The molecule has 21 heavy (non-hydrogen) atoms. The van der Waals surface area contributed by atoms with E-state index in [1.54, 1.807) is 30.3 Å². The zero-order valence-corrected chi connectivity index (χ0v) is 11.1. The van der Waals surface area contributed by atoms with Crippen molar-refractivity contribution < 1.29 is 29.9 Å². The van der Waals surface area contributed by atoms with Crippen molar-refractivity contribution in [2.75, 3.05) is 6.61 Å². The van der Waals surface area contributed by atoms with E-state index in [1.807, 2.05) is 6.07 Å². The van der Waals surface area contributed by atoms with Gasteiger partial charge >= 0.3 is 0 Å². The second kappa shape index (κ2) is 6.95. The number of hydrogen-bond donors (Lipinski definition) is 4. The Labute approximate surface area is 121 Å². The Morgan fingerprint density at radius 3 is 2.38 bits per heavy atom. The summed E-state index contributed by atoms with van der Waals surface area (Å²) in [5.41, 5.74) is 0.567. The summed E-state index contributed by atoms with van der Waals surface area (Å²) in [6.07, 6.45) is -7.91. The van der Waals surface area contributed by atoms with Gasteiger partial charge in [-0.05, 0) is 5.56 Å². The highest BCUT2D eigenvalue weighted by molar-refractivity contribution is 5.22. The molecule has 1 fully saturated rings. The van der Waals surface area contributed by atoms with Crippen LogP contribution < -0.4 is 0 Å². The van der Waals surface area contributed by atoms with Crippen molar-refractivity contribution in [3.8, 4) is 6.07 Å². The number of ether oxygens (including phenoxy) is 2. The number of aliphatic hydroxyl groups is 4. The van der Waals surface area contributed by atoms with Crippen LogP contribution in [0.1, 0.15) is 11.7 Å². The summed E-state index contributed by atoms with van der Waals surface area (Å²) in [5.74, 6) is 0. The maximum Gasteiger partial charge on any atom is 0.188 e. The van der Waals surface area contributed by atoms with E-state index in [0.29, 0.717) is 5.56 Å². The fourth-order valence-corrected chi connectivity index (χ4v) is 2.13. The van der Waals surface area contributed by atoms with Gasteiger partial charge in [0.1, 0.15) is 24.4 Å². The highest BCUT2D eigenvalue weighted by Crippen LogP contribution is 2.27. The van der Waals surface area contributed by atoms with Gasteiger partial charge in [-0.2, -0.15) is 5.26 Å². The van der Waals surface area contributed by atoms with Crippen LogP contribution >= 0.6 is 0 Å². The zero-order chi connectivity index (χ0) is 15.4. The lowest BCUT2D eigenvalue weighted by molar-refractivity contribution is -0.307. The average molecular weight is 295 g/mol. The summed E-state index contributed by atoms with van der Waals surface area (Å²) >= 11 is 0. The molecule has 1 heterocycles. The van der Waals surface area contributed by atoms with Crippen molar-refractivity contribution in [1.29, 1.82) is 5.26 Å². The molecule has 0 aromatic heterocycles. The van der Waals surface area contributed by atoms with Gasteiger partial charge in [0.25, 0.3) is 0 Å². The molecule has 0 radical (unpaired) electrons. The summed E-state index contributed by atoms with van der Waals surface area (Å²) in [7, 11) is 0. The fourth-order valence-electron chi connectivity index (χ4n) is 2.13. The van der Waals surface area contributed by atoms with Gasteiger partial charge in [-0.1, -0.05) is 30.3 Å². The summed E-state index contributed by atoms with van der Waals surface area (Å²) in [5, 5.41) is 47.5. The van der Waals surface area contributed by atoms with Gasteiger partial charge < -0.3 is 29.9 Å². The minimum atomic E-state index is -1.53. The lowest BCUT2D eigenvalue weighted by Crippen LogP contribution is -2.59. The van der Waals surface area contributed by atoms with Crippen LogP contribution in [0.4, 0.5) is 0 Å². The summed E-state index contributed by atoms with van der Waals surface area (Å²) in [6.45, 7) is -0.548. The minimum Gasteiger partial charge on any atom is -0.394 e. The Morgan fingerprint density at radius 1 is 1.14 bits per heavy atom. The van der Waals surface area contributed by atoms with Gasteiger partial charge in [-0.3, -0.25) is 0 Å². The van der Waals surface area contributed by atoms with E-state index in [2.05, 4.69) is 0 Å². The Bertz CT molecular complexity index is 488. The van der Waals surface area contributed by atoms with Crippen LogP contribution in [-0.2, 0) is 9.47 Å². The van der Waals surface area contributed by atoms with Gasteiger partial charge in [0.2, 0.25) is 0 Å². The molecule has 1 saturated heterocycles. The van der Waals surface area contributed by atoms with Crippen molar-refractivity contribution in [2.45, 2.75) is 36.8 Å². The average Bonchev–Trinajstić information content (AvgIpc) is 2.53. The van der Waals surface area contributed by atoms with Crippen LogP contribution in [0.5, 0.6) is 0 Å². The predicted molar refractivity (Wildman–Crippen MR) is 69.6 cm³/mol. The quantitative estimate of drug-likeness (QED) is 0.565. The third kappa shape index (κ3) is 3.39. The van der Waals surface area contributed by atoms with E-state index < -0.39 is 43.4 Å². The van der Waals surface area contributed by atoms with E-state index in [0.717, 1.165) is 0 Å². The summed E-state index contributed by atoms with van der Waals surface area (Å²) in [6, 6.07) is 10.5. The topological polar surface area (TPSA) is 123 Å². The maximum absolute atomic E-state index is 9.86. The van der Waals surface area contributed by atoms with E-state index >= 15 is 0 Å². The van der Waals surface area contributed by atoms with E-state index in [4.69, 9.17) is 19.8 Å². The predicted octanol–water partition coefficient (Wildman–Crippen LogP) is -0.932. The van der Waals surface area contributed by atoms with Crippen LogP contribution in [0.2, 0.25) is 0 Å². The highest BCUT2D eigenvalue weighted by atomic mass is 16.7. The molecule has 1 aliphatic heterocycles. The smallest absolute Gasteiger partial charge is 0.188 e. The Morgan fingerprint density at radius 2 is 1.81 bits per heavy atom. The summed E-state index contributed by atoms with van der Waals surface area (Å²) < 4.78 is 10.6. The number of aliphatic hydroxyl groups excluding tert-OH is 4. The Hall–Kier alpha value is -1.53. The molecule has 0 unspecified atom stereocenters. The first-order valence-corrected chi connectivity index (χ1v) is 6.49. The molecular formula is C14H17NO6. The molecule has 1 aromatic rings. The Kier molecular flexibility index (Phi) is 5.25. The van der Waals surface area contributed by atoms with Gasteiger partial charge in [0, 0.05) is 0 Å². The van der Waals surface area contributed by atoms with Gasteiger partial charge in [0.05, 0.1) is 12.7 Å². The van der Waals surface area contributed by atoms with E-state index in [-0.39, 0.29) is 0 Å². The molecule has 0 bridgehead atoms. The Balaban J connectivity index is 2.12. The molecule has 0 saturated carbocycles. The largest absolute Gasteiger partial charge is 0.394 e. The highest BCUT2D eigenvalue weighted by Gasteiger charge is 2.44. The van der Waals surface area contributed by atoms with Crippen LogP contribution in [0.3, 0.4) is 0 Å². The molecule has 6 atom stereocenters.